The van der Waals surface area contributed by atoms with Crippen LogP contribution in [0.15, 0.2) is 12.3 Å². The van der Waals surface area contributed by atoms with E-state index in [-0.39, 0.29) is 5.91 Å². The standard InChI is InChI=1S/C12H19N5O2/c1-9(13)11(18)16-5-7-17(8-6-16)12-14-4-3-10(15-12)19-2/h3-4,9H,5-8,13H2,1-2H3. The van der Waals surface area contributed by atoms with Gasteiger partial charge in [-0.25, -0.2) is 4.98 Å². The average molecular weight is 265 g/mol. The van der Waals surface area contributed by atoms with Crippen molar-refractivity contribution in [2.45, 2.75) is 13.0 Å². The fourth-order valence-electron chi connectivity index (χ4n) is 2.01. The third-order valence-corrected chi connectivity index (χ3v) is 3.09. The molecule has 1 saturated heterocycles. The molecule has 1 aliphatic rings. The number of hydrogen-bond acceptors (Lipinski definition) is 6. The highest BCUT2D eigenvalue weighted by Crippen LogP contribution is 2.14. The van der Waals surface area contributed by atoms with Gasteiger partial charge in [-0.1, -0.05) is 0 Å². The Balaban J connectivity index is 1.97. The lowest BCUT2D eigenvalue weighted by atomic mass is 10.2. The Morgan fingerprint density at radius 2 is 2.11 bits per heavy atom. The maximum Gasteiger partial charge on any atom is 0.239 e. The van der Waals surface area contributed by atoms with E-state index < -0.39 is 6.04 Å². The number of carbonyl (C=O) groups excluding carboxylic acids is 1. The van der Waals surface area contributed by atoms with Crippen LogP contribution in [0, 0.1) is 0 Å². The smallest absolute Gasteiger partial charge is 0.239 e. The molecule has 104 valence electrons. The second-order valence-electron chi connectivity index (χ2n) is 4.50. The van der Waals surface area contributed by atoms with E-state index in [1.807, 2.05) is 4.90 Å². The second-order valence-corrected chi connectivity index (χ2v) is 4.50. The Bertz CT molecular complexity index is 444. The number of nitrogens with zero attached hydrogens (tertiary/aromatic N) is 4. The molecule has 0 aromatic carbocycles. The molecule has 0 bridgehead atoms. The molecule has 1 aromatic rings. The van der Waals surface area contributed by atoms with Crippen molar-refractivity contribution >= 4 is 11.9 Å². The Hall–Kier alpha value is -1.89. The molecule has 1 fully saturated rings. The summed E-state index contributed by atoms with van der Waals surface area (Å²) >= 11 is 0. The lowest BCUT2D eigenvalue weighted by Gasteiger charge is -2.35. The number of amides is 1. The van der Waals surface area contributed by atoms with Gasteiger partial charge in [-0.05, 0) is 6.92 Å². The fraction of sp³-hybridized carbons (Fsp3) is 0.583. The molecule has 2 rings (SSSR count). The van der Waals surface area contributed by atoms with Crippen LogP contribution in [0.25, 0.3) is 0 Å². The molecule has 0 spiro atoms. The van der Waals surface area contributed by atoms with Gasteiger partial charge in [-0.2, -0.15) is 4.98 Å². The number of methoxy groups -OCH3 is 1. The molecule has 1 atom stereocenters. The van der Waals surface area contributed by atoms with Gasteiger partial charge in [-0.15, -0.1) is 0 Å². The van der Waals surface area contributed by atoms with Gasteiger partial charge in [0.15, 0.2) is 0 Å². The minimum absolute atomic E-state index is 0.00814. The molecule has 1 aromatic heterocycles. The first-order valence-electron chi connectivity index (χ1n) is 6.28. The summed E-state index contributed by atoms with van der Waals surface area (Å²) in [5.74, 6) is 1.16. The van der Waals surface area contributed by atoms with Gasteiger partial charge < -0.3 is 20.3 Å². The van der Waals surface area contributed by atoms with Crippen LogP contribution >= 0.6 is 0 Å². The lowest BCUT2D eigenvalue weighted by molar-refractivity contribution is -0.132. The summed E-state index contributed by atoms with van der Waals surface area (Å²) in [6, 6.07) is 1.26. The zero-order valence-electron chi connectivity index (χ0n) is 11.2. The van der Waals surface area contributed by atoms with E-state index in [0.717, 1.165) is 0 Å². The van der Waals surface area contributed by atoms with Crippen LogP contribution < -0.4 is 15.4 Å². The Morgan fingerprint density at radius 3 is 2.68 bits per heavy atom. The van der Waals surface area contributed by atoms with Gasteiger partial charge in [0.1, 0.15) is 0 Å². The number of piperazine rings is 1. The van der Waals surface area contributed by atoms with Crippen LogP contribution in [0.5, 0.6) is 5.88 Å². The highest BCUT2D eigenvalue weighted by Gasteiger charge is 2.24. The normalized spacial score (nSPS) is 17.2. The van der Waals surface area contributed by atoms with E-state index in [4.69, 9.17) is 10.5 Å². The molecule has 0 saturated carbocycles. The number of carbonyl (C=O) groups is 1. The third kappa shape index (κ3) is 3.11. The summed E-state index contributed by atoms with van der Waals surface area (Å²) in [6.07, 6.45) is 1.67. The Labute approximate surface area is 112 Å². The van der Waals surface area contributed by atoms with Crippen molar-refractivity contribution in [2.24, 2.45) is 5.73 Å². The van der Waals surface area contributed by atoms with Crippen LogP contribution in [0.2, 0.25) is 0 Å². The molecule has 7 heteroatoms. The predicted molar refractivity (Wildman–Crippen MR) is 71.0 cm³/mol. The molecule has 1 unspecified atom stereocenters. The number of nitrogens with two attached hydrogens (primary N) is 1. The third-order valence-electron chi connectivity index (χ3n) is 3.09. The molecule has 1 aliphatic heterocycles. The maximum absolute atomic E-state index is 11.8. The summed E-state index contributed by atoms with van der Waals surface area (Å²) in [6.45, 7) is 4.39. The summed E-state index contributed by atoms with van der Waals surface area (Å²) < 4.78 is 5.08. The number of rotatable bonds is 3. The van der Waals surface area contributed by atoms with Gasteiger partial charge in [-0.3, -0.25) is 4.79 Å². The monoisotopic (exact) mass is 265 g/mol. The van der Waals surface area contributed by atoms with Crippen LogP contribution in [0.1, 0.15) is 6.92 Å². The molecule has 0 radical (unpaired) electrons. The average Bonchev–Trinajstić information content (AvgIpc) is 2.46. The summed E-state index contributed by atoms with van der Waals surface area (Å²) in [7, 11) is 1.57. The lowest BCUT2D eigenvalue weighted by Crippen LogP contribution is -2.52. The maximum atomic E-state index is 11.8. The SMILES string of the molecule is COc1ccnc(N2CCN(C(=O)C(C)N)CC2)n1. The second kappa shape index (κ2) is 5.83. The number of anilines is 1. The largest absolute Gasteiger partial charge is 0.481 e. The summed E-state index contributed by atoms with van der Waals surface area (Å²) in [4.78, 5) is 24.1. The Morgan fingerprint density at radius 1 is 1.42 bits per heavy atom. The van der Waals surface area contributed by atoms with Crippen molar-refractivity contribution in [3.05, 3.63) is 12.3 Å². The van der Waals surface area contributed by atoms with E-state index >= 15 is 0 Å². The minimum atomic E-state index is -0.445. The van der Waals surface area contributed by atoms with Crippen molar-refractivity contribution in [3.63, 3.8) is 0 Å². The van der Waals surface area contributed by atoms with E-state index in [9.17, 15) is 4.79 Å². The van der Waals surface area contributed by atoms with Crippen molar-refractivity contribution in [1.29, 1.82) is 0 Å². The first kappa shape index (κ1) is 13.5. The molecular weight excluding hydrogens is 246 g/mol. The van der Waals surface area contributed by atoms with Gasteiger partial charge in [0.05, 0.1) is 13.2 Å². The highest BCUT2D eigenvalue weighted by atomic mass is 16.5. The fourth-order valence-corrected chi connectivity index (χ4v) is 2.01. The zero-order chi connectivity index (χ0) is 13.8. The van der Waals surface area contributed by atoms with Crippen LogP contribution in [-0.4, -0.2) is 60.1 Å². The van der Waals surface area contributed by atoms with Crippen molar-refractivity contribution in [1.82, 2.24) is 14.9 Å². The van der Waals surface area contributed by atoms with Crippen molar-refractivity contribution in [3.8, 4) is 5.88 Å². The highest BCUT2D eigenvalue weighted by molar-refractivity contribution is 5.81. The van der Waals surface area contributed by atoms with E-state index in [0.29, 0.717) is 38.0 Å². The van der Waals surface area contributed by atoms with Crippen molar-refractivity contribution < 1.29 is 9.53 Å². The molecule has 19 heavy (non-hydrogen) atoms. The van der Waals surface area contributed by atoms with Gasteiger partial charge in [0.25, 0.3) is 0 Å². The van der Waals surface area contributed by atoms with Crippen LogP contribution in [0.3, 0.4) is 0 Å². The first-order valence-corrected chi connectivity index (χ1v) is 6.28. The molecule has 0 aliphatic carbocycles. The van der Waals surface area contributed by atoms with E-state index in [2.05, 4.69) is 9.97 Å². The zero-order valence-corrected chi connectivity index (χ0v) is 11.2. The van der Waals surface area contributed by atoms with Crippen LogP contribution in [0.4, 0.5) is 5.95 Å². The minimum Gasteiger partial charge on any atom is -0.481 e. The number of ether oxygens (including phenoxy) is 1. The summed E-state index contributed by atoms with van der Waals surface area (Å²) in [5, 5.41) is 0. The molecule has 7 nitrogen and oxygen atoms in total. The van der Waals surface area contributed by atoms with Crippen molar-refractivity contribution in [2.75, 3.05) is 38.2 Å². The molecular formula is C12H19N5O2. The number of aromatic nitrogens is 2. The van der Waals surface area contributed by atoms with E-state index in [1.54, 1.807) is 31.2 Å². The number of hydrogen-bond donors (Lipinski definition) is 1. The summed E-state index contributed by atoms with van der Waals surface area (Å²) in [5.41, 5.74) is 5.60. The quantitative estimate of drug-likeness (QED) is 0.791. The van der Waals surface area contributed by atoms with Crippen LogP contribution in [-0.2, 0) is 4.79 Å². The Kier molecular flexibility index (Phi) is 4.16. The van der Waals surface area contributed by atoms with Gasteiger partial charge >= 0.3 is 0 Å². The predicted octanol–water partition coefficient (Wildman–Crippen LogP) is -0.519. The van der Waals surface area contributed by atoms with E-state index in [1.165, 1.54) is 0 Å². The molecule has 2 heterocycles. The van der Waals surface area contributed by atoms with Gasteiger partial charge in [0.2, 0.25) is 17.7 Å². The first-order chi connectivity index (χ1) is 9.11. The molecule has 1 amide bonds. The topological polar surface area (TPSA) is 84.6 Å². The van der Waals surface area contributed by atoms with Gasteiger partial charge in [0, 0.05) is 38.4 Å². The molecule has 2 N–H and O–H groups in total.